The number of nitrogens with zero attached hydrogens (tertiary/aromatic N) is 2. The maximum atomic E-state index is 13.3. The number of hydrogen-bond acceptors (Lipinski definition) is 5. The van der Waals surface area contributed by atoms with Crippen LogP contribution < -0.4 is 9.62 Å². The van der Waals surface area contributed by atoms with Crippen molar-refractivity contribution in [1.82, 2.24) is 10.3 Å². The number of thiazole rings is 1. The predicted octanol–water partition coefficient (Wildman–Crippen LogP) is 4.23. The van der Waals surface area contributed by atoms with Crippen LogP contribution in [-0.4, -0.2) is 25.9 Å². The molecule has 0 bridgehead atoms. The Bertz CT molecular complexity index is 1180. The van der Waals surface area contributed by atoms with E-state index in [1.165, 1.54) is 6.20 Å². The number of nitrogens with one attached hydrogen (secondary N) is 1. The molecule has 0 radical (unpaired) electrons. The Labute approximate surface area is 185 Å². The highest BCUT2D eigenvalue weighted by Gasteiger charge is 2.31. The second-order valence-electron chi connectivity index (χ2n) is 6.90. The fourth-order valence-electron chi connectivity index (χ4n) is 2.92. The lowest BCUT2D eigenvalue weighted by molar-refractivity contribution is -0.119. The number of amides is 1. The zero-order valence-electron chi connectivity index (χ0n) is 16.8. The molecular formula is C21H22ClN3O3S2. The van der Waals surface area contributed by atoms with Gasteiger partial charge in [0.2, 0.25) is 10.2 Å². The molecule has 0 saturated carbocycles. The monoisotopic (exact) mass is 463 g/mol. The van der Waals surface area contributed by atoms with E-state index in [0.717, 1.165) is 31.6 Å². The molecule has 0 atom stereocenters. The van der Waals surface area contributed by atoms with Crippen LogP contribution in [0.3, 0.4) is 0 Å². The third-order valence-corrected chi connectivity index (χ3v) is 7.93. The first-order chi connectivity index (χ1) is 14.2. The summed E-state index contributed by atoms with van der Waals surface area (Å²) >= 11 is 7.28. The number of sulfonamides is 1. The van der Waals surface area contributed by atoms with Gasteiger partial charge in [-0.1, -0.05) is 47.5 Å². The minimum Gasteiger partial charge on any atom is -0.350 e. The van der Waals surface area contributed by atoms with Gasteiger partial charge in [0, 0.05) is 22.6 Å². The molecule has 158 valence electrons. The highest BCUT2D eigenvalue weighted by atomic mass is 35.5. The smallest absolute Gasteiger partial charge is 0.292 e. The lowest BCUT2D eigenvalue weighted by Crippen LogP contribution is -2.41. The summed E-state index contributed by atoms with van der Waals surface area (Å²) < 4.78 is 27.6. The van der Waals surface area contributed by atoms with Crippen molar-refractivity contribution in [2.24, 2.45) is 0 Å². The van der Waals surface area contributed by atoms with E-state index in [1.54, 1.807) is 32.0 Å². The lowest BCUT2D eigenvalue weighted by Gasteiger charge is -2.24. The van der Waals surface area contributed by atoms with Gasteiger partial charge in [-0.05, 0) is 44.0 Å². The number of hydrogen-bond donors (Lipinski definition) is 1. The normalized spacial score (nSPS) is 11.3. The Morgan fingerprint density at radius 3 is 2.57 bits per heavy atom. The van der Waals surface area contributed by atoms with Crippen LogP contribution in [0, 0.1) is 20.8 Å². The molecule has 30 heavy (non-hydrogen) atoms. The summed E-state index contributed by atoms with van der Waals surface area (Å²) in [6.45, 7) is 5.39. The summed E-state index contributed by atoms with van der Waals surface area (Å²) in [5.74, 6) is -0.423. The van der Waals surface area contributed by atoms with Crippen molar-refractivity contribution in [2.75, 3.05) is 10.8 Å². The number of benzene rings is 2. The van der Waals surface area contributed by atoms with E-state index in [2.05, 4.69) is 10.3 Å². The molecular weight excluding hydrogens is 442 g/mol. The van der Waals surface area contributed by atoms with Crippen molar-refractivity contribution in [3.63, 3.8) is 0 Å². The topological polar surface area (TPSA) is 79.4 Å². The van der Waals surface area contributed by atoms with Crippen LogP contribution in [0.4, 0.5) is 5.69 Å². The fourth-order valence-corrected chi connectivity index (χ4v) is 5.78. The van der Waals surface area contributed by atoms with Crippen molar-refractivity contribution in [2.45, 2.75) is 31.7 Å². The Hall–Kier alpha value is -2.42. The highest BCUT2D eigenvalue weighted by Crippen LogP contribution is 2.31. The molecule has 0 unspecified atom stereocenters. The average Bonchev–Trinajstić information content (AvgIpc) is 3.14. The summed E-state index contributed by atoms with van der Waals surface area (Å²) in [5, 5.41) is 3.21. The van der Waals surface area contributed by atoms with Crippen LogP contribution in [0.15, 0.2) is 53.0 Å². The maximum absolute atomic E-state index is 13.3. The van der Waals surface area contributed by atoms with Gasteiger partial charge < -0.3 is 5.32 Å². The van der Waals surface area contributed by atoms with Crippen molar-refractivity contribution in [1.29, 1.82) is 0 Å². The number of anilines is 1. The first-order valence-electron chi connectivity index (χ1n) is 9.21. The molecule has 6 nitrogen and oxygen atoms in total. The van der Waals surface area contributed by atoms with Crippen LogP contribution in [0.2, 0.25) is 5.02 Å². The second-order valence-corrected chi connectivity index (χ2v) is 10.6. The van der Waals surface area contributed by atoms with Gasteiger partial charge in [0.15, 0.2) is 0 Å². The largest absolute Gasteiger partial charge is 0.350 e. The Balaban J connectivity index is 1.89. The molecule has 9 heteroatoms. The van der Waals surface area contributed by atoms with Crippen molar-refractivity contribution in [3.8, 4) is 0 Å². The van der Waals surface area contributed by atoms with E-state index in [-0.39, 0.29) is 10.9 Å². The van der Waals surface area contributed by atoms with E-state index in [9.17, 15) is 13.2 Å². The van der Waals surface area contributed by atoms with Crippen LogP contribution in [0.1, 0.15) is 21.6 Å². The van der Waals surface area contributed by atoms with Gasteiger partial charge in [-0.2, -0.15) is 8.42 Å². The van der Waals surface area contributed by atoms with Crippen LogP contribution in [-0.2, 0) is 21.4 Å². The molecule has 0 aliphatic rings. The van der Waals surface area contributed by atoms with E-state index in [0.29, 0.717) is 22.8 Å². The molecule has 1 N–H and O–H groups in total. The van der Waals surface area contributed by atoms with Gasteiger partial charge in [0.1, 0.15) is 6.54 Å². The Morgan fingerprint density at radius 1 is 1.17 bits per heavy atom. The van der Waals surface area contributed by atoms with E-state index in [4.69, 9.17) is 11.6 Å². The zero-order valence-corrected chi connectivity index (χ0v) is 19.2. The quantitative estimate of drug-likeness (QED) is 0.568. The third kappa shape index (κ3) is 5.00. The molecule has 1 aromatic heterocycles. The minimum atomic E-state index is -4.04. The minimum absolute atomic E-state index is 0.0640. The number of rotatable bonds is 7. The van der Waals surface area contributed by atoms with Gasteiger partial charge in [-0.15, -0.1) is 11.3 Å². The number of aromatic nitrogens is 1. The molecule has 0 aliphatic carbocycles. The molecule has 1 heterocycles. The number of carbonyl (C=O) groups is 1. The summed E-state index contributed by atoms with van der Waals surface area (Å²) in [6.07, 6.45) is 1.50. The number of aryl methyl sites for hydroxylation is 2. The lowest BCUT2D eigenvalue weighted by atomic mass is 10.1. The van der Waals surface area contributed by atoms with E-state index in [1.807, 2.05) is 31.2 Å². The second kappa shape index (κ2) is 9.16. The van der Waals surface area contributed by atoms with Crippen molar-refractivity contribution >= 4 is 44.6 Å². The van der Waals surface area contributed by atoms with Gasteiger partial charge >= 0.3 is 0 Å². The van der Waals surface area contributed by atoms with E-state index >= 15 is 0 Å². The molecule has 1 amide bonds. The van der Waals surface area contributed by atoms with Crippen LogP contribution in [0.5, 0.6) is 0 Å². The summed E-state index contributed by atoms with van der Waals surface area (Å²) in [4.78, 5) is 17.5. The molecule has 0 saturated heterocycles. The summed E-state index contributed by atoms with van der Waals surface area (Å²) in [6, 6.07) is 12.7. The Kier molecular flexibility index (Phi) is 6.80. The average molecular weight is 464 g/mol. The molecule has 3 rings (SSSR count). The first kappa shape index (κ1) is 22.3. The highest BCUT2D eigenvalue weighted by molar-refractivity contribution is 7.94. The van der Waals surface area contributed by atoms with Crippen LogP contribution >= 0.6 is 22.9 Å². The van der Waals surface area contributed by atoms with Crippen LogP contribution in [0.25, 0.3) is 0 Å². The number of halogens is 1. The maximum Gasteiger partial charge on any atom is 0.292 e. The number of carbonyl (C=O) groups excluding carboxylic acids is 1. The summed E-state index contributed by atoms with van der Waals surface area (Å²) in [5.41, 5.74) is 2.94. The molecule has 0 fully saturated rings. The fraction of sp³-hybridized carbons (Fsp3) is 0.238. The molecule has 3 aromatic rings. The summed E-state index contributed by atoms with van der Waals surface area (Å²) in [7, 11) is -4.04. The predicted molar refractivity (Wildman–Crippen MR) is 121 cm³/mol. The van der Waals surface area contributed by atoms with Gasteiger partial charge in [0.05, 0.1) is 5.69 Å². The van der Waals surface area contributed by atoms with Gasteiger partial charge in [0.25, 0.3) is 10.0 Å². The first-order valence-corrected chi connectivity index (χ1v) is 11.8. The van der Waals surface area contributed by atoms with Crippen molar-refractivity contribution in [3.05, 3.63) is 75.3 Å². The molecule has 0 aliphatic heterocycles. The SMILES string of the molecule is Cc1cccc(CNC(=O)CN(c2cccc(Cl)c2C)S(=O)(=O)c2ncc(C)s2)c1. The zero-order chi connectivity index (χ0) is 21.9. The Morgan fingerprint density at radius 2 is 1.90 bits per heavy atom. The molecule has 0 spiro atoms. The van der Waals surface area contributed by atoms with E-state index < -0.39 is 15.9 Å². The molecule has 2 aromatic carbocycles. The van der Waals surface area contributed by atoms with Gasteiger partial charge in [-0.25, -0.2) is 4.98 Å². The standard InChI is InChI=1S/C21H22ClN3O3S2/c1-14-6-4-7-17(10-14)12-23-20(26)13-25(19-9-5-8-18(22)16(19)3)30(27,28)21-24-11-15(2)29-21/h4-11H,12-13H2,1-3H3,(H,23,26). The third-order valence-electron chi connectivity index (χ3n) is 4.48. The van der Waals surface area contributed by atoms with Gasteiger partial charge in [-0.3, -0.25) is 9.10 Å². The van der Waals surface area contributed by atoms with Crippen molar-refractivity contribution < 1.29 is 13.2 Å².